The van der Waals surface area contributed by atoms with Crippen LogP contribution < -0.4 is 0 Å². The molecular weight excluding hydrogens is 358 g/mol. The van der Waals surface area contributed by atoms with Crippen molar-refractivity contribution in [1.82, 2.24) is 15.0 Å². The standard InChI is InChI=1S/C22H28ClN3O/c1-7-21(3,4)16-12-15(27)13-17(22(5,6)8-2)20(16)26-24-18-10-9-14(23)11-19(18)25-26/h9-13,27H,7-8H2,1-6H3. The molecule has 0 aliphatic heterocycles. The summed E-state index contributed by atoms with van der Waals surface area (Å²) in [6.45, 7) is 13.1. The molecule has 0 aliphatic rings. The van der Waals surface area contributed by atoms with E-state index in [1.807, 2.05) is 30.3 Å². The smallest absolute Gasteiger partial charge is 0.116 e. The van der Waals surface area contributed by atoms with Gasteiger partial charge in [0.05, 0.1) is 5.69 Å². The van der Waals surface area contributed by atoms with E-state index in [1.165, 1.54) is 0 Å². The van der Waals surface area contributed by atoms with Gasteiger partial charge in [-0.2, -0.15) is 0 Å². The molecule has 0 saturated carbocycles. The molecule has 3 rings (SSSR count). The minimum absolute atomic E-state index is 0.135. The molecule has 144 valence electrons. The zero-order chi connectivity index (χ0) is 20.0. The van der Waals surface area contributed by atoms with Gasteiger partial charge in [-0.25, -0.2) is 0 Å². The number of halogens is 1. The van der Waals surface area contributed by atoms with Crippen LogP contribution in [0.15, 0.2) is 30.3 Å². The summed E-state index contributed by atoms with van der Waals surface area (Å²) in [6.07, 6.45) is 1.87. The van der Waals surface area contributed by atoms with Gasteiger partial charge in [-0.1, -0.05) is 53.1 Å². The van der Waals surface area contributed by atoms with E-state index >= 15 is 0 Å². The second kappa shape index (κ2) is 6.83. The Bertz CT molecular complexity index is 951. The average Bonchev–Trinajstić information content (AvgIpc) is 3.03. The fourth-order valence-corrected chi connectivity index (χ4v) is 3.40. The lowest BCUT2D eigenvalue weighted by Crippen LogP contribution is -2.25. The molecule has 0 fully saturated rings. The van der Waals surface area contributed by atoms with E-state index in [4.69, 9.17) is 21.8 Å². The molecule has 27 heavy (non-hydrogen) atoms. The molecule has 3 aromatic rings. The Labute approximate surface area is 166 Å². The Morgan fingerprint density at radius 2 is 1.41 bits per heavy atom. The maximum Gasteiger partial charge on any atom is 0.116 e. The van der Waals surface area contributed by atoms with E-state index in [0.29, 0.717) is 5.02 Å². The molecule has 0 radical (unpaired) electrons. The number of aromatic hydroxyl groups is 1. The fraction of sp³-hybridized carbons (Fsp3) is 0.455. The summed E-state index contributed by atoms with van der Waals surface area (Å²) in [6, 6.07) is 9.25. The first-order chi connectivity index (χ1) is 12.6. The largest absolute Gasteiger partial charge is 0.508 e. The van der Waals surface area contributed by atoms with E-state index in [-0.39, 0.29) is 16.6 Å². The second-order valence-corrected chi connectivity index (χ2v) is 8.92. The minimum Gasteiger partial charge on any atom is -0.508 e. The van der Waals surface area contributed by atoms with E-state index in [1.54, 1.807) is 4.80 Å². The summed E-state index contributed by atoms with van der Waals surface area (Å²) in [7, 11) is 0. The molecule has 1 aromatic heterocycles. The monoisotopic (exact) mass is 385 g/mol. The molecule has 0 amide bonds. The number of hydrogen-bond acceptors (Lipinski definition) is 3. The summed E-state index contributed by atoms with van der Waals surface area (Å²) >= 11 is 6.14. The number of benzene rings is 2. The van der Waals surface area contributed by atoms with E-state index in [0.717, 1.165) is 40.7 Å². The maximum atomic E-state index is 10.5. The number of hydrogen-bond donors (Lipinski definition) is 1. The van der Waals surface area contributed by atoms with E-state index < -0.39 is 0 Å². The Balaban J connectivity index is 2.39. The van der Waals surface area contributed by atoms with E-state index in [9.17, 15) is 5.11 Å². The first-order valence-corrected chi connectivity index (χ1v) is 9.88. The molecule has 0 atom stereocenters. The number of fused-ring (bicyclic) bond motifs is 1. The van der Waals surface area contributed by atoms with Gasteiger partial charge in [-0.3, -0.25) is 0 Å². The summed E-state index contributed by atoms with van der Waals surface area (Å²) < 4.78 is 0. The Kier molecular flexibility index (Phi) is 4.98. The van der Waals surface area contributed by atoms with Crippen LogP contribution in [0.3, 0.4) is 0 Å². The molecule has 2 aromatic carbocycles. The predicted molar refractivity (Wildman–Crippen MR) is 112 cm³/mol. The fourth-order valence-electron chi connectivity index (χ4n) is 3.24. The van der Waals surface area contributed by atoms with Crippen LogP contribution in [-0.4, -0.2) is 20.1 Å². The molecular formula is C22H28ClN3O. The van der Waals surface area contributed by atoms with Crippen molar-refractivity contribution in [3.05, 3.63) is 46.5 Å². The molecule has 1 heterocycles. The van der Waals surface area contributed by atoms with Crippen molar-refractivity contribution < 1.29 is 5.11 Å². The lowest BCUT2D eigenvalue weighted by molar-refractivity contribution is 0.447. The van der Waals surface area contributed by atoms with Gasteiger partial charge in [-0.15, -0.1) is 15.0 Å². The third-order valence-corrected chi connectivity index (χ3v) is 6.10. The zero-order valence-corrected chi connectivity index (χ0v) is 17.7. The average molecular weight is 386 g/mol. The maximum absolute atomic E-state index is 10.5. The quantitative estimate of drug-likeness (QED) is 0.572. The van der Waals surface area contributed by atoms with Crippen molar-refractivity contribution >= 4 is 22.6 Å². The highest BCUT2D eigenvalue weighted by Gasteiger charge is 2.31. The summed E-state index contributed by atoms with van der Waals surface area (Å²) in [4.78, 5) is 1.72. The van der Waals surface area contributed by atoms with Crippen LogP contribution in [0.4, 0.5) is 0 Å². The lowest BCUT2D eigenvalue weighted by atomic mass is 9.75. The summed E-state index contributed by atoms with van der Waals surface area (Å²) in [5, 5.41) is 20.6. The number of rotatable bonds is 5. The minimum atomic E-state index is -0.135. The van der Waals surface area contributed by atoms with Gasteiger partial charge in [0.1, 0.15) is 16.8 Å². The van der Waals surface area contributed by atoms with Gasteiger partial charge >= 0.3 is 0 Å². The van der Waals surface area contributed by atoms with Gasteiger partial charge < -0.3 is 5.11 Å². The topological polar surface area (TPSA) is 50.9 Å². The van der Waals surface area contributed by atoms with Crippen molar-refractivity contribution in [2.45, 2.75) is 65.2 Å². The highest BCUT2D eigenvalue weighted by molar-refractivity contribution is 6.31. The van der Waals surface area contributed by atoms with Crippen LogP contribution in [0.5, 0.6) is 5.75 Å². The first kappa shape index (κ1) is 19.7. The number of aromatic nitrogens is 3. The van der Waals surface area contributed by atoms with Gasteiger partial charge in [0.25, 0.3) is 0 Å². The SMILES string of the molecule is CCC(C)(C)c1cc(O)cc(C(C)(C)CC)c1-n1nc2ccc(Cl)cc2n1. The van der Waals surface area contributed by atoms with Gasteiger partial charge in [0, 0.05) is 5.02 Å². The Hall–Kier alpha value is -2.07. The predicted octanol–water partition coefficient (Wildman–Crippen LogP) is 6.15. The van der Waals surface area contributed by atoms with Crippen molar-refractivity contribution in [3.63, 3.8) is 0 Å². The van der Waals surface area contributed by atoms with Crippen LogP contribution in [-0.2, 0) is 10.8 Å². The Morgan fingerprint density at radius 3 is 1.93 bits per heavy atom. The molecule has 0 unspecified atom stereocenters. The van der Waals surface area contributed by atoms with Crippen LogP contribution in [0.25, 0.3) is 16.7 Å². The van der Waals surface area contributed by atoms with Crippen LogP contribution in [0.2, 0.25) is 5.02 Å². The number of nitrogens with zero attached hydrogens (tertiary/aromatic N) is 3. The Morgan fingerprint density at radius 1 is 0.889 bits per heavy atom. The molecule has 0 spiro atoms. The van der Waals surface area contributed by atoms with E-state index in [2.05, 4.69) is 41.5 Å². The number of phenols is 1. The third kappa shape index (κ3) is 3.55. The lowest BCUT2D eigenvalue weighted by Gasteiger charge is -2.32. The highest BCUT2D eigenvalue weighted by Crippen LogP contribution is 2.41. The second-order valence-electron chi connectivity index (χ2n) is 8.49. The third-order valence-electron chi connectivity index (χ3n) is 5.86. The normalized spacial score (nSPS) is 12.7. The first-order valence-electron chi connectivity index (χ1n) is 9.50. The molecule has 5 heteroatoms. The van der Waals surface area contributed by atoms with Crippen LogP contribution in [0.1, 0.15) is 65.5 Å². The van der Waals surface area contributed by atoms with Crippen molar-refractivity contribution in [1.29, 1.82) is 0 Å². The summed E-state index contributed by atoms with van der Waals surface area (Å²) in [5.74, 6) is 0.284. The molecule has 0 aliphatic carbocycles. The molecule has 4 nitrogen and oxygen atoms in total. The van der Waals surface area contributed by atoms with Gasteiger partial charge in [0.15, 0.2) is 0 Å². The van der Waals surface area contributed by atoms with Crippen LogP contribution >= 0.6 is 11.6 Å². The van der Waals surface area contributed by atoms with Crippen LogP contribution in [0, 0.1) is 0 Å². The van der Waals surface area contributed by atoms with Gasteiger partial charge in [-0.05, 0) is 65.1 Å². The highest BCUT2D eigenvalue weighted by atomic mass is 35.5. The molecule has 1 N–H and O–H groups in total. The molecule has 0 saturated heterocycles. The summed E-state index contributed by atoms with van der Waals surface area (Å²) in [5.41, 5.74) is 4.34. The van der Waals surface area contributed by atoms with Crippen molar-refractivity contribution in [2.24, 2.45) is 0 Å². The van der Waals surface area contributed by atoms with Crippen molar-refractivity contribution in [3.8, 4) is 11.4 Å². The zero-order valence-electron chi connectivity index (χ0n) is 17.0. The number of phenolic OH excluding ortho intramolecular Hbond substituents is 1. The van der Waals surface area contributed by atoms with Gasteiger partial charge in [0.2, 0.25) is 0 Å². The van der Waals surface area contributed by atoms with Crippen molar-refractivity contribution in [2.75, 3.05) is 0 Å². The molecule has 0 bridgehead atoms.